The summed E-state index contributed by atoms with van der Waals surface area (Å²) in [7, 11) is 0. The number of nitrogens with two attached hydrogens (primary N) is 1. The molecule has 0 bridgehead atoms. The minimum atomic E-state index is 0.182. The Balaban J connectivity index is 1.83. The fourth-order valence-electron chi connectivity index (χ4n) is 3.17. The van der Waals surface area contributed by atoms with Gasteiger partial charge in [-0.15, -0.1) is 11.3 Å². The van der Waals surface area contributed by atoms with Crippen LogP contribution >= 0.6 is 11.3 Å². The smallest absolute Gasteiger partial charge is 0.0608 e. The maximum Gasteiger partial charge on any atom is 0.0608 e. The van der Waals surface area contributed by atoms with E-state index in [4.69, 9.17) is 5.84 Å². The largest absolute Gasteiger partial charge is 0.271 e. The quantitative estimate of drug-likeness (QED) is 0.659. The van der Waals surface area contributed by atoms with Crippen molar-refractivity contribution < 1.29 is 0 Å². The highest BCUT2D eigenvalue weighted by Crippen LogP contribution is 2.33. The number of fused-ring (bicyclic) bond motifs is 1. The molecule has 1 unspecified atom stereocenters. The molecular weight excluding hydrogens is 280 g/mol. The van der Waals surface area contributed by atoms with Crippen LogP contribution in [0, 0.1) is 6.92 Å². The zero-order valence-corrected chi connectivity index (χ0v) is 13.7. The molecule has 5 heteroatoms. The molecule has 4 nitrogen and oxygen atoms in total. The van der Waals surface area contributed by atoms with Gasteiger partial charge in [-0.25, -0.2) is 0 Å². The van der Waals surface area contributed by atoms with Crippen LogP contribution in [0.4, 0.5) is 0 Å². The molecule has 114 valence electrons. The molecule has 2 aromatic rings. The van der Waals surface area contributed by atoms with E-state index >= 15 is 0 Å². The van der Waals surface area contributed by atoms with E-state index in [1.54, 1.807) is 10.4 Å². The highest BCUT2D eigenvalue weighted by molar-refractivity contribution is 7.12. The van der Waals surface area contributed by atoms with Crippen LogP contribution in [0.15, 0.2) is 12.1 Å². The highest BCUT2D eigenvalue weighted by Gasteiger charge is 2.20. The molecule has 0 amide bonds. The van der Waals surface area contributed by atoms with Gasteiger partial charge in [0.25, 0.3) is 0 Å². The van der Waals surface area contributed by atoms with Crippen LogP contribution in [0.1, 0.15) is 52.5 Å². The molecule has 0 aromatic carbocycles. The van der Waals surface area contributed by atoms with E-state index in [-0.39, 0.29) is 6.04 Å². The normalized spacial score (nSPS) is 16.0. The SMILES string of the molecule is CCn1nc(C)cc1CC(NN)c1cc2c(s1)CCCC2. The molecule has 1 aliphatic rings. The molecule has 1 atom stereocenters. The number of hydrogen-bond acceptors (Lipinski definition) is 4. The van der Waals surface area contributed by atoms with Gasteiger partial charge in [0, 0.05) is 28.4 Å². The van der Waals surface area contributed by atoms with Crippen molar-refractivity contribution in [3.05, 3.63) is 38.8 Å². The van der Waals surface area contributed by atoms with Gasteiger partial charge < -0.3 is 0 Å². The van der Waals surface area contributed by atoms with Crippen LogP contribution in [0.2, 0.25) is 0 Å². The van der Waals surface area contributed by atoms with Crippen molar-refractivity contribution >= 4 is 11.3 Å². The van der Waals surface area contributed by atoms with Gasteiger partial charge in [-0.05, 0) is 57.2 Å². The lowest BCUT2D eigenvalue weighted by Crippen LogP contribution is -2.29. The lowest BCUT2D eigenvalue weighted by Gasteiger charge is -2.14. The maximum absolute atomic E-state index is 5.84. The molecule has 0 radical (unpaired) electrons. The molecule has 0 saturated carbocycles. The van der Waals surface area contributed by atoms with Gasteiger partial charge in [0.05, 0.1) is 11.7 Å². The van der Waals surface area contributed by atoms with Crippen molar-refractivity contribution in [2.75, 3.05) is 0 Å². The Labute approximate surface area is 130 Å². The number of nitrogens with one attached hydrogen (secondary N) is 1. The summed E-state index contributed by atoms with van der Waals surface area (Å²) < 4.78 is 2.08. The third kappa shape index (κ3) is 3.05. The first-order valence-corrected chi connectivity index (χ1v) is 8.63. The summed E-state index contributed by atoms with van der Waals surface area (Å²) in [6.07, 6.45) is 6.02. The highest BCUT2D eigenvalue weighted by atomic mass is 32.1. The topological polar surface area (TPSA) is 55.9 Å². The van der Waals surface area contributed by atoms with Gasteiger partial charge in [-0.1, -0.05) is 0 Å². The first kappa shape index (κ1) is 14.8. The number of hydrogen-bond donors (Lipinski definition) is 2. The molecule has 0 aliphatic heterocycles. The van der Waals surface area contributed by atoms with E-state index in [9.17, 15) is 0 Å². The van der Waals surface area contributed by atoms with E-state index in [1.807, 2.05) is 18.3 Å². The van der Waals surface area contributed by atoms with Crippen molar-refractivity contribution in [2.24, 2.45) is 5.84 Å². The third-order valence-corrected chi connectivity index (χ3v) is 5.61. The summed E-state index contributed by atoms with van der Waals surface area (Å²) in [6.45, 7) is 5.08. The second-order valence-electron chi connectivity index (χ2n) is 5.82. The van der Waals surface area contributed by atoms with E-state index in [1.165, 1.54) is 36.3 Å². The zero-order chi connectivity index (χ0) is 14.8. The van der Waals surface area contributed by atoms with Crippen molar-refractivity contribution in [1.29, 1.82) is 0 Å². The average Bonchev–Trinajstić information content (AvgIpc) is 3.07. The Morgan fingerprint density at radius 2 is 2.19 bits per heavy atom. The Hall–Kier alpha value is -1.17. The number of rotatable bonds is 5. The van der Waals surface area contributed by atoms with Gasteiger partial charge >= 0.3 is 0 Å². The fourth-order valence-corrected chi connectivity index (χ4v) is 4.49. The van der Waals surface area contributed by atoms with E-state index in [2.05, 4.69) is 34.3 Å². The summed E-state index contributed by atoms with van der Waals surface area (Å²) in [4.78, 5) is 2.93. The van der Waals surface area contributed by atoms with Crippen LogP contribution in [0.3, 0.4) is 0 Å². The Bertz CT molecular complexity index is 590. The molecular formula is C16H24N4S. The summed E-state index contributed by atoms with van der Waals surface area (Å²) in [6, 6.07) is 4.71. The number of aryl methyl sites for hydroxylation is 4. The molecule has 0 spiro atoms. The van der Waals surface area contributed by atoms with Crippen LogP contribution in [-0.4, -0.2) is 9.78 Å². The number of aromatic nitrogens is 2. The Kier molecular flexibility index (Phi) is 4.42. The summed E-state index contributed by atoms with van der Waals surface area (Å²) >= 11 is 1.94. The van der Waals surface area contributed by atoms with Crippen molar-refractivity contribution in [3.63, 3.8) is 0 Å². The first-order valence-electron chi connectivity index (χ1n) is 7.82. The fraction of sp³-hybridized carbons (Fsp3) is 0.562. The molecule has 2 heterocycles. The maximum atomic E-state index is 5.84. The molecule has 1 aliphatic carbocycles. The zero-order valence-electron chi connectivity index (χ0n) is 12.9. The van der Waals surface area contributed by atoms with Crippen LogP contribution in [-0.2, 0) is 25.8 Å². The third-order valence-electron chi connectivity index (χ3n) is 4.26. The second kappa shape index (κ2) is 6.30. The Morgan fingerprint density at radius 3 is 2.90 bits per heavy atom. The summed E-state index contributed by atoms with van der Waals surface area (Å²) in [5.41, 5.74) is 6.88. The van der Waals surface area contributed by atoms with Gasteiger partial charge in [0.2, 0.25) is 0 Å². The lowest BCUT2D eigenvalue weighted by atomic mass is 9.98. The number of nitrogens with zero attached hydrogens (tertiary/aromatic N) is 2. The van der Waals surface area contributed by atoms with Crippen molar-refractivity contribution in [1.82, 2.24) is 15.2 Å². The number of thiophene rings is 1. The van der Waals surface area contributed by atoms with E-state index in [0.717, 1.165) is 18.7 Å². The standard InChI is InChI=1S/C16H24N4S/c1-3-20-13(8-11(2)19-20)10-14(18-17)16-9-12-6-4-5-7-15(12)21-16/h8-9,14,18H,3-7,10,17H2,1-2H3. The summed E-state index contributed by atoms with van der Waals surface area (Å²) in [5, 5.41) is 4.53. The van der Waals surface area contributed by atoms with Gasteiger partial charge in [-0.3, -0.25) is 16.0 Å². The first-order chi connectivity index (χ1) is 10.2. The van der Waals surface area contributed by atoms with Gasteiger partial charge in [0.1, 0.15) is 0 Å². The lowest BCUT2D eigenvalue weighted by molar-refractivity contribution is 0.523. The predicted octanol–water partition coefficient (Wildman–Crippen LogP) is 2.90. The molecule has 2 aromatic heterocycles. The minimum absolute atomic E-state index is 0.182. The van der Waals surface area contributed by atoms with Crippen molar-refractivity contribution in [2.45, 2.75) is 58.5 Å². The average molecular weight is 304 g/mol. The van der Waals surface area contributed by atoms with Crippen LogP contribution < -0.4 is 11.3 Å². The van der Waals surface area contributed by atoms with Crippen LogP contribution in [0.25, 0.3) is 0 Å². The van der Waals surface area contributed by atoms with Gasteiger partial charge in [0.15, 0.2) is 0 Å². The molecule has 3 N–H and O–H groups in total. The van der Waals surface area contributed by atoms with E-state index < -0.39 is 0 Å². The molecule has 3 rings (SSSR count). The Morgan fingerprint density at radius 1 is 1.38 bits per heavy atom. The van der Waals surface area contributed by atoms with Gasteiger partial charge in [-0.2, -0.15) is 5.10 Å². The second-order valence-corrected chi connectivity index (χ2v) is 6.99. The monoisotopic (exact) mass is 304 g/mol. The minimum Gasteiger partial charge on any atom is -0.271 e. The van der Waals surface area contributed by atoms with Crippen molar-refractivity contribution in [3.8, 4) is 0 Å². The number of hydrazine groups is 1. The molecule has 0 fully saturated rings. The van der Waals surface area contributed by atoms with E-state index in [0.29, 0.717) is 0 Å². The van der Waals surface area contributed by atoms with Crippen LogP contribution in [0.5, 0.6) is 0 Å². The predicted molar refractivity (Wildman–Crippen MR) is 87.4 cm³/mol. The molecule has 0 saturated heterocycles. The molecule has 21 heavy (non-hydrogen) atoms. The summed E-state index contributed by atoms with van der Waals surface area (Å²) in [5.74, 6) is 5.84.